The predicted octanol–water partition coefficient (Wildman–Crippen LogP) is 1.25. The Morgan fingerprint density at radius 2 is 1.48 bits per heavy atom. The summed E-state index contributed by atoms with van der Waals surface area (Å²) in [5.41, 5.74) is 0. The molecule has 1 unspecified atom stereocenters. The first-order valence-corrected chi connectivity index (χ1v) is 9.51. The van der Waals surface area contributed by atoms with E-state index in [-0.39, 0.29) is 6.42 Å². The summed E-state index contributed by atoms with van der Waals surface area (Å²) < 4.78 is 9.99. The fourth-order valence-corrected chi connectivity index (χ4v) is 2.99. The van der Waals surface area contributed by atoms with Gasteiger partial charge in [0, 0.05) is 6.42 Å². The minimum Gasteiger partial charge on any atom is -0.454 e. The maximum absolute atomic E-state index is 11.8. The van der Waals surface area contributed by atoms with Crippen molar-refractivity contribution in [3.05, 3.63) is 0 Å². The van der Waals surface area contributed by atoms with Crippen molar-refractivity contribution in [1.29, 1.82) is 0 Å². The number of hydrogen-bond acceptors (Lipinski definition) is 7. The summed E-state index contributed by atoms with van der Waals surface area (Å²) in [5.74, 6) is -0.538. The molecule has 0 aromatic heterocycles. The molecular formula is C18H34O7. The first-order chi connectivity index (χ1) is 12.0. The van der Waals surface area contributed by atoms with E-state index in [1.807, 2.05) is 0 Å². The van der Waals surface area contributed by atoms with E-state index in [9.17, 15) is 20.1 Å². The minimum atomic E-state index is -1.57. The maximum atomic E-state index is 11.8. The van der Waals surface area contributed by atoms with Crippen LogP contribution in [-0.4, -0.2) is 63.7 Å². The normalized spacial score (nSPS) is 29.6. The average Bonchev–Trinajstić information content (AvgIpc) is 2.60. The number of ether oxygens (including phenoxy) is 2. The molecule has 148 valence electrons. The highest BCUT2D eigenvalue weighted by molar-refractivity contribution is 5.69. The van der Waals surface area contributed by atoms with Crippen molar-refractivity contribution in [2.24, 2.45) is 0 Å². The molecule has 0 radical (unpaired) electrons. The van der Waals surface area contributed by atoms with Gasteiger partial charge < -0.3 is 29.9 Å². The lowest BCUT2D eigenvalue weighted by molar-refractivity contribution is -0.290. The molecule has 7 nitrogen and oxygen atoms in total. The lowest BCUT2D eigenvalue weighted by Crippen LogP contribution is -2.59. The predicted molar refractivity (Wildman–Crippen MR) is 91.7 cm³/mol. The number of esters is 1. The fraction of sp³-hybridized carbons (Fsp3) is 0.944. The maximum Gasteiger partial charge on any atom is 0.306 e. The molecular weight excluding hydrogens is 328 g/mol. The number of hydrogen-bond donors (Lipinski definition) is 4. The van der Waals surface area contributed by atoms with Crippen LogP contribution in [0.25, 0.3) is 0 Å². The Labute approximate surface area is 150 Å². The molecule has 0 bridgehead atoms. The van der Waals surface area contributed by atoms with E-state index in [0.717, 1.165) is 12.8 Å². The summed E-state index contributed by atoms with van der Waals surface area (Å²) in [4.78, 5) is 11.8. The van der Waals surface area contributed by atoms with Crippen LogP contribution in [0, 0.1) is 0 Å². The lowest BCUT2D eigenvalue weighted by Gasteiger charge is -2.39. The van der Waals surface area contributed by atoms with Crippen molar-refractivity contribution in [1.82, 2.24) is 0 Å². The Bertz CT molecular complexity index is 363. The Hall–Kier alpha value is -0.730. The van der Waals surface area contributed by atoms with Crippen LogP contribution in [0.15, 0.2) is 0 Å². The Balaban J connectivity index is 2.15. The SMILES string of the molecule is CCCCCCCCCCCC(=O)O[C@H]1C(O)O[C@H](CO)[C@@H](O)[C@@H]1O. The van der Waals surface area contributed by atoms with Gasteiger partial charge in [0.05, 0.1) is 6.61 Å². The van der Waals surface area contributed by atoms with Crippen molar-refractivity contribution in [2.75, 3.05) is 6.61 Å². The molecule has 5 atom stereocenters. The number of unbranched alkanes of at least 4 members (excludes halogenated alkanes) is 8. The molecule has 1 heterocycles. The van der Waals surface area contributed by atoms with E-state index >= 15 is 0 Å². The molecule has 1 fully saturated rings. The van der Waals surface area contributed by atoms with Gasteiger partial charge in [0.1, 0.15) is 18.3 Å². The van der Waals surface area contributed by atoms with E-state index in [4.69, 9.17) is 14.6 Å². The first-order valence-electron chi connectivity index (χ1n) is 9.51. The van der Waals surface area contributed by atoms with E-state index in [2.05, 4.69) is 6.92 Å². The highest BCUT2D eigenvalue weighted by Crippen LogP contribution is 2.23. The zero-order valence-electron chi connectivity index (χ0n) is 15.2. The summed E-state index contributed by atoms with van der Waals surface area (Å²) >= 11 is 0. The van der Waals surface area contributed by atoms with Crippen LogP contribution in [-0.2, 0) is 14.3 Å². The first kappa shape index (κ1) is 22.3. The third kappa shape index (κ3) is 8.00. The lowest BCUT2D eigenvalue weighted by atomic mass is 9.99. The molecule has 1 saturated heterocycles. The summed E-state index contributed by atoms with van der Waals surface area (Å²) in [6, 6.07) is 0. The molecule has 0 spiro atoms. The highest BCUT2D eigenvalue weighted by atomic mass is 16.7. The van der Waals surface area contributed by atoms with E-state index in [1.165, 1.54) is 38.5 Å². The molecule has 0 aromatic rings. The van der Waals surface area contributed by atoms with Crippen LogP contribution in [0.2, 0.25) is 0 Å². The van der Waals surface area contributed by atoms with Gasteiger partial charge in [-0.15, -0.1) is 0 Å². The summed E-state index contributed by atoms with van der Waals surface area (Å²) in [6.07, 6.45) is 3.48. The Morgan fingerprint density at radius 1 is 0.920 bits per heavy atom. The number of aliphatic hydroxyl groups is 4. The largest absolute Gasteiger partial charge is 0.454 e. The van der Waals surface area contributed by atoms with Gasteiger partial charge in [-0.05, 0) is 6.42 Å². The van der Waals surface area contributed by atoms with E-state index < -0.39 is 43.3 Å². The van der Waals surface area contributed by atoms with Gasteiger partial charge in [0.2, 0.25) is 0 Å². The molecule has 0 aromatic carbocycles. The molecule has 0 amide bonds. The van der Waals surface area contributed by atoms with Crippen LogP contribution in [0.1, 0.15) is 71.1 Å². The monoisotopic (exact) mass is 362 g/mol. The summed E-state index contributed by atoms with van der Waals surface area (Å²) in [7, 11) is 0. The van der Waals surface area contributed by atoms with Crippen molar-refractivity contribution >= 4 is 5.97 Å². The number of carbonyl (C=O) groups excluding carboxylic acids is 1. The van der Waals surface area contributed by atoms with Crippen LogP contribution in [0.5, 0.6) is 0 Å². The van der Waals surface area contributed by atoms with Crippen LogP contribution >= 0.6 is 0 Å². The van der Waals surface area contributed by atoms with Gasteiger partial charge in [-0.3, -0.25) is 4.79 Å². The van der Waals surface area contributed by atoms with Gasteiger partial charge in [0.15, 0.2) is 12.4 Å². The van der Waals surface area contributed by atoms with Gasteiger partial charge in [0.25, 0.3) is 0 Å². The van der Waals surface area contributed by atoms with Crippen molar-refractivity contribution < 1.29 is 34.7 Å². The summed E-state index contributed by atoms with van der Waals surface area (Å²) in [6.45, 7) is 1.65. The third-order valence-corrected chi connectivity index (χ3v) is 4.59. The molecule has 1 aliphatic rings. The van der Waals surface area contributed by atoms with E-state index in [0.29, 0.717) is 6.42 Å². The van der Waals surface area contributed by atoms with Crippen molar-refractivity contribution in [3.63, 3.8) is 0 Å². The summed E-state index contributed by atoms with van der Waals surface area (Å²) in [5, 5.41) is 38.4. The standard InChI is InChI=1S/C18H34O7/c1-2-3-4-5-6-7-8-9-10-11-14(20)25-17-16(22)15(21)13(12-19)24-18(17)23/h13,15-19,21-23H,2-12H2,1H3/t13-,15-,16+,17-,18?/m1/s1. The van der Waals surface area contributed by atoms with Crippen LogP contribution < -0.4 is 0 Å². The van der Waals surface area contributed by atoms with Gasteiger partial charge in [-0.25, -0.2) is 0 Å². The molecule has 1 aliphatic heterocycles. The van der Waals surface area contributed by atoms with Crippen LogP contribution in [0.4, 0.5) is 0 Å². The zero-order chi connectivity index (χ0) is 18.7. The molecule has 0 saturated carbocycles. The molecule has 1 rings (SSSR count). The van der Waals surface area contributed by atoms with Gasteiger partial charge >= 0.3 is 5.97 Å². The van der Waals surface area contributed by atoms with Gasteiger partial charge in [-0.2, -0.15) is 0 Å². The van der Waals surface area contributed by atoms with E-state index in [1.54, 1.807) is 0 Å². The topological polar surface area (TPSA) is 116 Å². The molecule has 25 heavy (non-hydrogen) atoms. The second-order valence-electron chi connectivity index (χ2n) is 6.76. The minimum absolute atomic E-state index is 0.200. The quantitative estimate of drug-likeness (QED) is 0.305. The number of aliphatic hydroxyl groups excluding tert-OH is 4. The van der Waals surface area contributed by atoms with Crippen LogP contribution in [0.3, 0.4) is 0 Å². The molecule has 0 aliphatic carbocycles. The second-order valence-corrected chi connectivity index (χ2v) is 6.76. The van der Waals surface area contributed by atoms with Crippen molar-refractivity contribution in [3.8, 4) is 0 Å². The zero-order valence-corrected chi connectivity index (χ0v) is 15.2. The highest BCUT2D eigenvalue weighted by Gasteiger charge is 2.45. The Kier molecular flexibility index (Phi) is 11.2. The number of rotatable bonds is 12. The molecule has 7 heteroatoms. The van der Waals surface area contributed by atoms with Gasteiger partial charge in [-0.1, -0.05) is 58.3 Å². The average molecular weight is 362 g/mol. The fourth-order valence-electron chi connectivity index (χ4n) is 2.99. The Morgan fingerprint density at radius 3 is 2.04 bits per heavy atom. The molecule has 4 N–H and O–H groups in total. The third-order valence-electron chi connectivity index (χ3n) is 4.59. The number of carbonyl (C=O) groups is 1. The van der Waals surface area contributed by atoms with Crippen molar-refractivity contribution in [2.45, 2.75) is 102 Å². The smallest absolute Gasteiger partial charge is 0.306 e. The second kappa shape index (κ2) is 12.6.